The second-order valence-corrected chi connectivity index (χ2v) is 6.62. The third kappa shape index (κ3) is 1.99. The highest BCUT2D eigenvalue weighted by molar-refractivity contribution is 7.92. The molecule has 1 aliphatic heterocycles. The molecule has 3 N–H and O–H groups in total. The monoisotopic (exact) mass is 292 g/mol. The molecule has 0 fully saturated rings. The van der Waals surface area contributed by atoms with Crippen LogP contribution in [0.15, 0.2) is 41.8 Å². The maximum absolute atomic E-state index is 12.6. The van der Waals surface area contributed by atoms with E-state index >= 15 is 0 Å². The molecule has 0 saturated carbocycles. The summed E-state index contributed by atoms with van der Waals surface area (Å²) >= 11 is 0. The molecule has 20 heavy (non-hydrogen) atoms. The number of para-hydroxylation sites is 1. The molecule has 2 heterocycles. The van der Waals surface area contributed by atoms with Gasteiger partial charge in [0.25, 0.3) is 10.0 Å². The first-order valence-corrected chi connectivity index (χ1v) is 7.88. The third-order valence-corrected chi connectivity index (χ3v) is 5.29. The minimum Gasteiger partial charge on any atom is -0.334 e. The molecular weight excluding hydrogens is 276 g/mol. The molecule has 0 bridgehead atoms. The summed E-state index contributed by atoms with van der Waals surface area (Å²) in [5, 5.41) is 0.112. The molecule has 1 unspecified atom stereocenters. The van der Waals surface area contributed by atoms with Crippen LogP contribution in [0, 0.1) is 0 Å². The highest BCUT2D eigenvalue weighted by Gasteiger charge is 2.36. The number of rotatable bonds is 4. The fourth-order valence-electron chi connectivity index (χ4n) is 2.64. The Labute approximate surface area is 117 Å². The van der Waals surface area contributed by atoms with Gasteiger partial charge in [-0.3, -0.25) is 4.31 Å². The van der Waals surface area contributed by atoms with Crippen LogP contribution in [-0.4, -0.2) is 31.5 Å². The summed E-state index contributed by atoms with van der Waals surface area (Å²) in [6.45, 7) is 0.967. The second-order valence-electron chi connectivity index (χ2n) is 4.79. The van der Waals surface area contributed by atoms with E-state index in [2.05, 4.69) is 9.97 Å². The van der Waals surface area contributed by atoms with E-state index in [9.17, 15) is 8.42 Å². The van der Waals surface area contributed by atoms with Gasteiger partial charge in [0.2, 0.25) is 0 Å². The lowest BCUT2D eigenvalue weighted by atomic mass is 9.98. The van der Waals surface area contributed by atoms with Crippen molar-refractivity contribution in [1.29, 1.82) is 0 Å². The molecule has 0 saturated heterocycles. The quantitative estimate of drug-likeness (QED) is 0.881. The van der Waals surface area contributed by atoms with Gasteiger partial charge in [-0.15, -0.1) is 0 Å². The smallest absolute Gasteiger partial charge is 0.281 e. The summed E-state index contributed by atoms with van der Waals surface area (Å²) in [6.07, 6.45) is 3.46. The largest absolute Gasteiger partial charge is 0.334 e. The lowest BCUT2D eigenvalue weighted by Gasteiger charge is -2.18. The third-order valence-electron chi connectivity index (χ3n) is 3.59. The highest BCUT2D eigenvalue weighted by atomic mass is 32.2. The van der Waals surface area contributed by atoms with Crippen molar-refractivity contribution < 1.29 is 8.42 Å². The predicted molar refractivity (Wildman–Crippen MR) is 76.0 cm³/mol. The molecule has 106 valence electrons. The molecule has 1 aromatic carbocycles. The molecule has 1 aliphatic rings. The SMILES string of the molecule is NCCC1CN(S(=O)(=O)c2cnc[nH]2)c2ccccc21. The molecule has 1 aromatic heterocycles. The van der Waals surface area contributed by atoms with Crippen molar-refractivity contribution >= 4 is 15.7 Å². The van der Waals surface area contributed by atoms with Gasteiger partial charge in [-0.25, -0.2) is 4.98 Å². The minimum atomic E-state index is -3.59. The van der Waals surface area contributed by atoms with Crippen LogP contribution in [0.2, 0.25) is 0 Å². The van der Waals surface area contributed by atoms with E-state index in [4.69, 9.17) is 5.73 Å². The van der Waals surface area contributed by atoms with Gasteiger partial charge in [0, 0.05) is 12.5 Å². The van der Waals surface area contributed by atoms with Crippen LogP contribution < -0.4 is 10.0 Å². The number of nitrogens with one attached hydrogen (secondary N) is 1. The number of sulfonamides is 1. The van der Waals surface area contributed by atoms with Gasteiger partial charge >= 0.3 is 0 Å². The molecule has 0 radical (unpaired) electrons. The zero-order valence-corrected chi connectivity index (χ0v) is 11.7. The van der Waals surface area contributed by atoms with Gasteiger partial charge in [-0.2, -0.15) is 8.42 Å². The van der Waals surface area contributed by atoms with Gasteiger partial charge < -0.3 is 10.7 Å². The normalized spacial score (nSPS) is 18.2. The number of nitrogens with zero attached hydrogens (tertiary/aromatic N) is 2. The van der Waals surface area contributed by atoms with Crippen LogP contribution in [-0.2, 0) is 10.0 Å². The number of hydrogen-bond acceptors (Lipinski definition) is 4. The number of benzene rings is 1. The number of anilines is 1. The Morgan fingerprint density at radius 1 is 1.40 bits per heavy atom. The number of fused-ring (bicyclic) bond motifs is 1. The first-order valence-electron chi connectivity index (χ1n) is 6.44. The standard InChI is InChI=1S/C13H16N4O2S/c14-6-5-10-8-17(12-4-2-1-3-11(10)12)20(18,19)13-7-15-9-16-13/h1-4,7,9-10H,5-6,8,14H2,(H,15,16). The maximum Gasteiger partial charge on any atom is 0.281 e. The average Bonchev–Trinajstić information content (AvgIpc) is 3.08. The Kier molecular flexibility index (Phi) is 3.23. The van der Waals surface area contributed by atoms with Crippen molar-refractivity contribution in [3.05, 3.63) is 42.4 Å². The zero-order chi connectivity index (χ0) is 14.2. The van der Waals surface area contributed by atoms with Crippen LogP contribution in [0.4, 0.5) is 5.69 Å². The van der Waals surface area contributed by atoms with Gasteiger partial charge in [-0.1, -0.05) is 18.2 Å². The number of nitrogens with two attached hydrogens (primary N) is 1. The summed E-state index contributed by atoms with van der Waals surface area (Å²) in [5.74, 6) is 0.147. The highest BCUT2D eigenvalue weighted by Crippen LogP contribution is 2.40. The van der Waals surface area contributed by atoms with Gasteiger partial charge in [0.1, 0.15) is 0 Å². The van der Waals surface area contributed by atoms with E-state index in [0.717, 1.165) is 17.7 Å². The molecule has 0 spiro atoms. The molecule has 6 nitrogen and oxygen atoms in total. The number of aromatic nitrogens is 2. The van der Waals surface area contributed by atoms with Crippen molar-refractivity contribution in [2.45, 2.75) is 17.4 Å². The van der Waals surface area contributed by atoms with E-state index in [1.165, 1.54) is 16.8 Å². The summed E-state index contributed by atoms with van der Waals surface area (Å²) in [6, 6.07) is 7.58. The van der Waals surface area contributed by atoms with Crippen molar-refractivity contribution in [2.24, 2.45) is 5.73 Å². The summed E-state index contributed by atoms with van der Waals surface area (Å²) < 4.78 is 26.7. The predicted octanol–water partition coefficient (Wildman–Crippen LogP) is 1.05. The zero-order valence-electron chi connectivity index (χ0n) is 10.9. The van der Waals surface area contributed by atoms with Crippen LogP contribution >= 0.6 is 0 Å². The Hall–Kier alpha value is -1.86. The molecule has 2 aromatic rings. The summed E-state index contributed by atoms with van der Waals surface area (Å²) in [4.78, 5) is 6.46. The second kappa shape index (κ2) is 4.92. The van der Waals surface area contributed by atoms with E-state index in [1.807, 2.05) is 24.3 Å². The number of H-pyrrole nitrogens is 1. The number of aromatic amines is 1. The average molecular weight is 292 g/mol. The lowest BCUT2D eigenvalue weighted by Crippen LogP contribution is -2.30. The van der Waals surface area contributed by atoms with Crippen molar-refractivity contribution in [2.75, 3.05) is 17.4 Å². The fraction of sp³-hybridized carbons (Fsp3) is 0.308. The molecular formula is C13H16N4O2S. The number of imidazole rings is 1. The first-order chi connectivity index (χ1) is 9.64. The maximum atomic E-state index is 12.6. The summed E-state index contributed by atoms with van der Waals surface area (Å²) in [5.41, 5.74) is 7.41. The molecule has 1 atom stereocenters. The van der Waals surface area contributed by atoms with E-state index in [-0.39, 0.29) is 10.9 Å². The van der Waals surface area contributed by atoms with Crippen molar-refractivity contribution in [3.63, 3.8) is 0 Å². The Morgan fingerprint density at radius 2 is 2.20 bits per heavy atom. The van der Waals surface area contributed by atoms with E-state index in [1.54, 1.807) is 0 Å². The minimum absolute atomic E-state index is 0.112. The van der Waals surface area contributed by atoms with Gasteiger partial charge in [0.15, 0.2) is 5.03 Å². The van der Waals surface area contributed by atoms with Crippen molar-refractivity contribution in [1.82, 2.24) is 9.97 Å². The molecule has 7 heteroatoms. The Balaban J connectivity index is 2.05. The summed E-state index contributed by atoms with van der Waals surface area (Å²) in [7, 11) is -3.59. The number of hydrogen-bond donors (Lipinski definition) is 2. The fourth-order valence-corrected chi connectivity index (χ4v) is 4.07. The first kappa shape index (κ1) is 13.1. The van der Waals surface area contributed by atoms with Gasteiger partial charge in [0.05, 0.1) is 18.2 Å². The molecule has 0 amide bonds. The Morgan fingerprint density at radius 3 is 2.90 bits per heavy atom. The van der Waals surface area contributed by atoms with Crippen LogP contribution in [0.5, 0.6) is 0 Å². The van der Waals surface area contributed by atoms with Crippen LogP contribution in [0.3, 0.4) is 0 Å². The van der Waals surface area contributed by atoms with Crippen molar-refractivity contribution in [3.8, 4) is 0 Å². The van der Waals surface area contributed by atoms with Crippen LogP contribution in [0.1, 0.15) is 17.9 Å². The topological polar surface area (TPSA) is 92.1 Å². The lowest BCUT2D eigenvalue weighted by molar-refractivity contribution is 0.583. The van der Waals surface area contributed by atoms with Crippen LogP contribution in [0.25, 0.3) is 0 Å². The van der Waals surface area contributed by atoms with E-state index < -0.39 is 10.0 Å². The van der Waals surface area contributed by atoms with Gasteiger partial charge in [-0.05, 0) is 24.6 Å². The Bertz CT molecular complexity index is 697. The molecule has 3 rings (SSSR count). The van der Waals surface area contributed by atoms with E-state index in [0.29, 0.717) is 13.1 Å². The molecule has 0 aliphatic carbocycles.